The molecule has 1 aromatic carbocycles. The Labute approximate surface area is 183 Å². The average Bonchev–Trinajstić information content (AvgIpc) is 3.35. The van der Waals surface area contributed by atoms with Crippen molar-refractivity contribution in [1.29, 1.82) is 0 Å². The number of hydrogen-bond donors (Lipinski definition) is 0. The standard InChI is InChI=1S/C19H12ClF3N4O2S2/c1-31(28,29)13-6-7-15(24-8-13)27-17(16(20)18(26-27)19(21,22)23)12-4-2-11(3-5-12)14-9-30-10-25-14/h2-10H,1H3. The van der Waals surface area contributed by atoms with Crippen LogP contribution in [0.15, 0.2) is 58.4 Å². The third-order valence-electron chi connectivity index (χ3n) is 4.35. The van der Waals surface area contributed by atoms with Gasteiger partial charge in [-0.05, 0) is 12.1 Å². The van der Waals surface area contributed by atoms with Gasteiger partial charge in [-0.3, -0.25) is 0 Å². The van der Waals surface area contributed by atoms with Crippen LogP contribution in [0.1, 0.15) is 5.69 Å². The zero-order valence-electron chi connectivity index (χ0n) is 15.6. The fraction of sp³-hybridized carbons (Fsp3) is 0.105. The number of sulfone groups is 1. The molecule has 0 unspecified atom stereocenters. The fourth-order valence-electron chi connectivity index (χ4n) is 2.87. The van der Waals surface area contributed by atoms with Crippen LogP contribution in [0.3, 0.4) is 0 Å². The lowest BCUT2D eigenvalue weighted by atomic mass is 10.1. The summed E-state index contributed by atoms with van der Waals surface area (Å²) in [7, 11) is -3.52. The highest BCUT2D eigenvalue weighted by Crippen LogP contribution is 2.41. The summed E-state index contributed by atoms with van der Waals surface area (Å²) in [5.74, 6) is -0.0108. The van der Waals surface area contributed by atoms with Crippen LogP contribution < -0.4 is 0 Å². The number of hydrogen-bond acceptors (Lipinski definition) is 6. The zero-order chi connectivity index (χ0) is 22.4. The van der Waals surface area contributed by atoms with Gasteiger partial charge in [0, 0.05) is 29.0 Å². The van der Waals surface area contributed by atoms with Gasteiger partial charge in [0.1, 0.15) is 0 Å². The molecule has 0 aliphatic rings. The summed E-state index contributed by atoms with van der Waals surface area (Å²) in [4.78, 5) is 8.12. The molecule has 31 heavy (non-hydrogen) atoms. The summed E-state index contributed by atoms with van der Waals surface area (Å²) in [6.07, 6.45) is -2.72. The van der Waals surface area contributed by atoms with Crippen LogP contribution in [0.4, 0.5) is 13.2 Å². The molecule has 0 saturated heterocycles. The van der Waals surface area contributed by atoms with Gasteiger partial charge in [0.15, 0.2) is 21.3 Å². The SMILES string of the molecule is CS(=O)(=O)c1ccc(-n2nc(C(F)(F)F)c(Cl)c2-c2ccc(-c3cscn3)cc2)nc1. The number of pyridine rings is 1. The molecular weight excluding hydrogens is 473 g/mol. The molecule has 0 aliphatic heterocycles. The lowest BCUT2D eigenvalue weighted by Crippen LogP contribution is -2.09. The second-order valence-electron chi connectivity index (χ2n) is 6.50. The van der Waals surface area contributed by atoms with Crippen molar-refractivity contribution in [2.24, 2.45) is 0 Å². The topological polar surface area (TPSA) is 77.7 Å². The predicted molar refractivity (Wildman–Crippen MR) is 111 cm³/mol. The number of rotatable bonds is 4. The number of nitrogens with zero attached hydrogens (tertiary/aromatic N) is 4. The van der Waals surface area contributed by atoms with E-state index in [-0.39, 0.29) is 16.4 Å². The van der Waals surface area contributed by atoms with E-state index in [1.807, 2.05) is 5.38 Å². The molecule has 6 nitrogen and oxygen atoms in total. The molecular formula is C19H12ClF3N4O2S2. The Balaban J connectivity index is 1.86. The normalized spacial score (nSPS) is 12.3. The highest BCUT2D eigenvalue weighted by molar-refractivity contribution is 7.90. The number of aromatic nitrogens is 4. The number of thiazole rings is 1. The molecule has 3 aromatic heterocycles. The van der Waals surface area contributed by atoms with E-state index >= 15 is 0 Å². The number of alkyl halides is 3. The van der Waals surface area contributed by atoms with Crippen LogP contribution in [0, 0.1) is 0 Å². The van der Waals surface area contributed by atoms with Gasteiger partial charge in [-0.2, -0.15) is 18.3 Å². The largest absolute Gasteiger partial charge is 0.436 e. The molecule has 0 fully saturated rings. The van der Waals surface area contributed by atoms with Crippen LogP contribution in [0.5, 0.6) is 0 Å². The summed E-state index contributed by atoms with van der Waals surface area (Å²) in [6, 6.07) is 9.16. The molecule has 12 heteroatoms. The molecule has 160 valence electrons. The maximum absolute atomic E-state index is 13.5. The Kier molecular flexibility index (Phi) is 5.36. The van der Waals surface area contributed by atoms with E-state index in [1.54, 1.807) is 29.8 Å². The first-order valence-corrected chi connectivity index (χ1v) is 11.8. The smallest absolute Gasteiger partial charge is 0.245 e. The minimum atomic E-state index is -4.79. The van der Waals surface area contributed by atoms with E-state index in [9.17, 15) is 21.6 Å². The first kappa shape index (κ1) is 21.5. The zero-order valence-corrected chi connectivity index (χ0v) is 18.0. The molecule has 4 aromatic rings. The molecule has 0 saturated carbocycles. The number of halogens is 4. The van der Waals surface area contributed by atoms with E-state index in [0.29, 0.717) is 5.56 Å². The van der Waals surface area contributed by atoms with Crippen molar-refractivity contribution in [2.75, 3.05) is 6.26 Å². The van der Waals surface area contributed by atoms with Crippen molar-refractivity contribution in [3.63, 3.8) is 0 Å². The molecule has 0 radical (unpaired) electrons. The van der Waals surface area contributed by atoms with Gasteiger partial charge in [0.25, 0.3) is 0 Å². The Hall–Kier alpha value is -2.76. The molecule has 0 spiro atoms. The van der Waals surface area contributed by atoms with Gasteiger partial charge in [-0.1, -0.05) is 35.9 Å². The predicted octanol–water partition coefficient (Wildman–Crippen LogP) is 5.13. The van der Waals surface area contributed by atoms with Crippen LogP contribution in [0.25, 0.3) is 28.3 Å². The highest BCUT2D eigenvalue weighted by Gasteiger charge is 2.39. The van der Waals surface area contributed by atoms with Crippen molar-refractivity contribution in [1.82, 2.24) is 19.7 Å². The van der Waals surface area contributed by atoms with Crippen LogP contribution in [-0.2, 0) is 16.0 Å². The molecule has 3 heterocycles. The van der Waals surface area contributed by atoms with Crippen molar-refractivity contribution in [3.8, 4) is 28.3 Å². The maximum atomic E-state index is 13.5. The van der Waals surface area contributed by atoms with Crippen molar-refractivity contribution >= 4 is 32.8 Å². The van der Waals surface area contributed by atoms with E-state index in [0.717, 1.165) is 28.4 Å². The van der Waals surface area contributed by atoms with Gasteiger partial charge in [0.2, 0.25) is 0 Å². The van der Waals surface area contributed by atoms with E-state index in [1.165, 1.54) is 23.5 Å². The Morgan fingerprint density at radius 3 is 2.23 bits per heavy atom. The van der Waals surface area contributed by atoms with Gasteiger partial charge < -0.3 is 0 Å². The maximum Gasteiger partial charge on any atom is 0.436 e. The highest BCUT2D eigenvalue weighted by atomic mass is 35.5. The summed E-state index contributed by atoms with van der Waals surface area (Å²) in [5.41, 5.74) is 2.31. The van der Waals surface area contributed by atoms with Crippen LogP contribution in [-0.4, -0.2) is 34.4 Å². The Morgan fingerprint density at radius 2 is 1.71 bits per heavy atom. The molecule has 0 atom stereocenters. The summed E-state index contributed by atoms with van der Waals surface area (Å²) < 4.78 is 64.7. The van der Waals surface area contributed by atoms with Gasteiger partial charge in [0.05, 0.1) is 26.8 Å². The van der Waals surface area contributed by atoms with Gasteiger partial charge >= 0.3 is 6.18 Å². The first-order valence-electron chi connectivity index (χ1n) is 8.57. The lowest BCUT2D eigenvalue weighted by Gasteiger charge is -2.08. The summed E-state index contributed by atoms with van der Waals surface area (Å²) in [5, 5.41) is 4.90. The van der Waals surface area contributed by atoms with Crippen molar-refractivity contribution in [3.05, 3.63) is 64.2 Å². The average molecular weight is 485 g/mol. The van der Waals surface area contributed by atoms with Gasteiger partial charge in [-0.25, -0.2) is 23.1 Å². The van der Waals surface area contributed by atoms with E-state index in [4.69, 9.17) is 11.6 Å². The minimum Gasteiger partial charge on any atom is -0.245 e. The molecule has 0 amide bonds. The molecule has 0 bridgehead atoms. The van der Waals surface area contributed by atoms with Crippen LogP contribution >= 0.6 is 22.9 Å². The Morgan fingerprint density at radius 1 is 1.03 bits per heavy atom. The third kappa shape index (κ3) is 4.21. The first-order chi connectivity index (χ1) is 14.6. The van der Waals surface area contributed by atoms with E-state index in [2.05, 4.69) is 15.1 Å². The quantitative estimate of drug-likeness (QED) is 0.401. The minimum absolute atomic E-state index is 0.0108. The fourth-order valence-corrected chi connectivity index (χ4v) is 4.32. The monoisotopic (exact) mass is 484 g/mol. The second kappa shape index (κ2) is 7.74. The van der Waals surface area contributed by atoms with Crippen molar-refractivity contribution in [2.45, 2.75) is 11.1 Å². The lowest BCUT2D eigenvalue weighted by molar-refractivity contribution is -0.141. The second-order valence-corrected chi connectivity index (χ2v) is 9.61. The molecule has 0 N–H and O–H groups in total. The Bertz CT molecular complexity index is 1330. The molecule has 0 aliphatic carbocycles. The third-order valence-corrected chi connectivity index (χ3v) is 6.39. The van der Waals surface area contributed by atoms with Crippen molar-refractivity contribution < 1.29 is 21.6 Å². The summed E-state index contributed by atoms with van der Waals surface area (Å²) >= 11 is 7.53. The molecule has 4 rings (SSSR count). The summed E-state index contributed by atoms with van der Waals surface area (Å²) in [6.45, 7) is 0. The number of benzene rings is 1. The van der Waals surface area contributed by atoms with Crippen LogP contribution in [0.2, 0.25) is 5.02 Å². The van der Waals surface area contributed by atoms with Gasteiger partial charge in [-0.15, -0.1) is 11.3 Å². The van der Waals surface area contributed by atoms with E-state index < -0.39 is 26.7 Å².